The molecule has 1 saturated carbocycles. The summed E-state index contributed by atoms with van der Waals surface area (Å²) in [6.07, 6.45) is 4.27. The highest BCUT2D eigenvalue weighted by molar-refractivity contribution is 6.35. The fourth-order valence-electron chi connectivity index (χ4n) is 2.69. The molecule has 2 aromatic heterocycles. The number of rotatable bonds is 1. The van der Waals surface area contributed by atoms with Gasteiger partial charge in [-0.25, -0.2) is 9.78 Å². The smallest absolute Gasteiger partial charge is 0.291 e. The van der Waals surface area contributed by atoms with Crippen LogP contribution in [0.3, 0.4) is 0 Å². The normalized spacial score (nSPS) is 16.8. The van der Waals surface area contributed by atoms with Crippen molar-refractivity contribution in [2.24, 2.45) is 7.05 Å². The zero-order valence-corrected chi connectivity index (χ0v) is 11.4. The van der Waals surface area contributed by atoms with E-state index in [-0.39, 0.29) is 22.2 Å². The summed E-state index contributed by atoms with van der Waals surface area (Å²) in [5, 5.41) is 0.297. The summed E-state index contributed by atoms with van der Waals surface area (Å²) in [6, 6.07) is 0.197. The van der Waals surface area contributed by atoms with Gasteiger partial charge in [0.05, 0.1) is 0 Å². The van der Waals surface area contributed by atoms with Crippen LogP contribution in [0.1, 0.15) is 31.7 Å². The lowest BCUT2D eigenvalue weighted by atomic mass is 10.2. The SMILES string of the molecule is Cn1c(=O)n(C2CCCC2)c2nc(Cl)nc(Cl)c21. The molecule has 1 aliphatic rings. The van der Waals surface area contributed by atoms with E-state index in [9.17, 15) is 4.79 Å². The predicted molar refractivity (Wildman–Crippen MR) is 70.3 cm³/mol. The van der Waals surface area contributed by atoms with Gasteiger partial charge in [-0.3, -0.25) is 9.13 Å². The molecular weight excluding hydrogens is 275 g/mol. The largest absolute Gasteiger partial charge is 0.330 e. The van der Waals surface area contributed by atoms with Gasteiger partial charge in [0, 0.05) is 13.1 Å². The molecule has 0 amide bonds. The van der Waals surface area contributed by atoms with Crippen molar-refractivity contribution in [1.29, 1.82) is 0 Å². The second kappa shape index (κ2) is 4.24. The number of hydrogen-bond donors (Lipinski definition) is 0. The quantitative estimate of drug-likeness (QED) is 0.598. The number of imidazole rings is 1. The molecule has 3 rings (SSSR count). The average Bonchev–Trinajstić information content (AvgIpc) is 2.88. The van der Waals surface area contributed by atoms with Crippen LogP contribution in [0.2, 0.25) is 10.4 Å². The Kier molecular flexibility index (Phi) is 2.83. The Bertz CT molecular complexity index is 670. The predicted octanol–water partition coefficient (Wildman–Crippen LogP) is 2.55. The fraction of sp³-hybridized carbons (Fsp3) is 0.545. The lowest BCUT2D eigenvalue weighted by molar-refractivity contribution is 0.506. The number of fused-ring (bicyclic) bond motifs is 1. The van der Waals surface area contributed by atoms with Crippen molar-refractivity contribution >= 4 is 34.4 Å². The Morgan fingerprint density at radius 3 is 2.56 bits per heavy atom. The van der Waals surface area contributed by atoms with Crippen molar-refractivity contribution in [3.8, 4) is 0 Å². The first-order chi connectivity index (χ1) is 8.59. The summed E-state index contributed by atoms with van der Waals surface area (Å²) in [7, 11) is 1.68. The summed E-state index contributed by atoms with van der Waals surface area (Å²) in [4.78, 5) is 20.4. The lowest BCUT2D eigenvalue weighted by Gasteiger charge is -2.10. The summed E-state index contributed by atoms with van der Waals surface area (Å²) >= 11 is 11.9. The standard InChI is InChI=1S/C11H12Cl2N4O/c1-16-7-8(12)14-10(13)15-9(7)17(11(16)18)6-4-2-3-5-6/h6H,2-5H2,1H3. The summed E-state index contributed by atoms with van der Waals surface area (Å²) in [5.74, 6) is 0. The van der Waals surface area contributed by atoms with E-state index < -0.39 is 0 Å². The van der Waals surface area contributed by atoms with Crippen molar-refractivity contribution in [1.82, 2.24) is 19.1 Å². The third-order valence-electron chi connectivity index (χ3n) is 3.54. The van der Waals surface area contributed by atoms with Gasteiger partial charge in [0.25, 0.3) is 0 Å². The third-order valence-corrected chi connectivity index (χ3v) is 3.97. The Morgan fingerprint density at radius 2 is 1.89 bits per heavy atom. The van der Waals surface area contributed by atoms with E-state index in [2.05, 4.69) is 9.97 Å². The van der Waals surface area contributed by atoms with Gasteiger partial charge >= 0.3 is 5.69 Å². The number of nitrogens with zero attached hydrogens (tertiary/aromatic N) is 4. The zero-order valence-electron chi connectivity index (χ0n) is 9.86. The van der Waals surface area contributed by atoms with Gasteiger partial charge < -0.3 is 0 Å². The topological polar surface area (TPSA) is 52.7 Å². The average molecular weight is 287 g/mol. The molecule has 0 bridgehead atoms. The molecule has 2 aromatic rings. The number of hydrogen-bond acceptors (Lipinski definition) is 3. The molecule has 7 heteroatoms. The molecule has 0 aliphatic heterocycles. The molecule has 0 saturated heterocycles. The maximum atomic E-state index is 12.3. The summed E-state index contributed by atoms with van der Waals surface area (Å²) in [6.45, 7) is 0. The fourth-order valence-corrected chi connectivity index (χ4v) is 3.19. The molecule has 0 atom stereocenters. The van der Waals surface area contributed by atoms with Crippen molar-refractivity contribution in [3.05, 3.63) is 20.9 Å². The van der Waals surface area contributed by atoms with Crippen LogP contribution >= 0.6 is 23.2 Å². The van der Waals surface area contributed by atoms with Crippen LogP contribution < -0.4 is 5.69 Å². The minimum Gasteiger partial charge on any atom is -0.291 e. The van der Waals surface area contributed by atoms with Gasteiger partial charge in [0.1, 0.15) is 5.52 Å². The molecule has 0 aromatic carbocycles. The minimum absolute atomic E-state index is 0.0739. The van der Waals surface area contributed by atoms with Crippen LogP contribution in [-0.4, -0.2) is 19.1 Å². The van der Waals surface area contributed by atoms with E-state index in [4.69, 9.17) is 23.2 Å². The van der Waals surface area contributed by atoms with E-state index >= 15 is 0 Å². The van der Waals surface area contributed by atoms with E-state index in [0.717, 1.165) is 25.7 Å². The van der Waals surface area contributed by atoms with Gasteiger partial charge in [-0.1, -0.05) is 24.4 Å². The Morgan fingerprint density at radius 1 is 1.22 bits per heavy atom. The van der Waals surface area contributed by atoms with Gasteiger partial charge in [-0.2, -0.15) is 4.98 Å². The summed E-state index contributed by atoms with van der Waals surface area (Å²) in [5.41, 5.74) is 0.993. The Balaban J connectivity index is 2.37. The van der Waals surface area contributed by atoms with Gasteiger partial charge in [-0.15, -0.1) is 0 Å². The molecule has 5 nitrogen and oxygen atoms in total. The van der Waals surface area contributed by atoms with Gasteiger partial charge in [-0.05, 0) is 24.4 Å². The van der Waals surface area contributed by atoms with E-state index in [1.165, 1.54) is 4.57 Å². The van der Waals surface area contributed by atoms with Crippen LogP contribution in [0.25, 0.3) is 11.2 Å². The van der Waals surface area contributed by atoms with Crippen LogP contribution in [0.4, 0.5) is 0 Å². The van der Waals surface area contributed by atoms with Gasteiger partial charge in [0.2, 0.25) is 5.28 Å². The van der Waals surface area contributed by atoms with E-state index in [1.807, 2.05) is 0 Å². The first-order valence-electron chi connectivity index (χ1n) is 5.89. The number of halogens is 2. The van der Waals surface area contributed by atoms with Crippen LogP contribution in [0, 0.1) is 0 Å². The highest BCUT2D eigenvalue weighted by Crippen LogP contribution is 2.31. The van der Waals surface area contributed by atoms with Crippen LogP contribution in [0.15, 0.2) is 4.79 Å². The maximum absolute atomic E-state index is 12.3. The van der Waals surface area contributed by atoms with Gasteiger partial charge in [0.15, 0.2) is 10.8 Å². The molecule has 0 unspecified atom stereocenters. The zero-order chi connectivity index (χ0) is 12.9. The molecule has 18 heavy (non-hydrogen) atoms. The third kappa shape index (κ3) is 1.65. The molecule has 0 spiro atoms. The second-order valence-electron chi connectivity index (χ2n) is 4.61. The second-order valence-corrected chi connectivity index (χ2v) is 5.30. The highest BCUT2D eigenvalue weighted by Gasteiger charge is 2.25. The first kappa shape index (κ1) is 12.0. The Hall–Kier alpha value is -1.07. The van der Waals surface area contributed by atoms with Crippen molar-refractivity contribution in [2.45, 2.75) is 31.7 Å². The van der Waals surface area contributed by atoms with E-state index in [0.29, 0.717) is 11.2 Å². The first-order valence-corrected chi connectivity index (χ1v) is 6.65. The van der Waals surface area contributed by atoms with E-state index in [1.54, 1.807) is 11.6 Å². The monoisotopic (exact) mass is 286 g/mol. The number of aromatic nitrogens is 4. The minimum atomic E-state index is -0.102. The molecule has 2 heterocycles. The molecule has 1 aliphatic carbocycles. The molecule has 0 N–H and O–H groups in total. The van der Waals surface area contributed by atoms with Crippen LogP contribution in [0.5, 0.6) is 0 Å². The van der Waals surface area contributed by atoms with Crippen LogP contribution in [-0.2, 0) is 7.05 Å². The molecule has 1 fully saturated rings. The maximum Gasteiger partial charge on any atom is 0.330 e. The lowest BCUT2D eigenvalue weighted by Crippen LogP contribution is -2.25. The van der Waals surface area contributed by atoms with Crippen molar-refractivity contribution in [2.75, 3.05) is 0 Å². The Labute approximate surface area is 113 Å². The molecule has 96 valence electrons. The van der Waals surface area contributed by atoms with Crippen molar-refractivity contribution in [3.63, 3.8) is 0 Å². The van der Waals surface area contributed by atoms with Crippen molar-refractivity contribution < 1.29 is 0 Å². The highest BCUT2D eigenvalue weighted by atomic mass is 35.5. The summed E-state index contributed by atoms with van der Waals surface area (Å²) < 4.78 is 3.20. The number of aryl methyl sites for hydroxylation is 1. The molecular formula is C11H12Cl2N4O. The molecule has 0 radical (unpaired) electrons.